The molecule has 0 spiro atoms. The number of hydrogen-bond acceptors (Lipinski definition) is 7. The Morgan fingerprint density at radius 1 is 1.27 bits per heavy atom. The third kappa shape index (κ3) is 2.16. The fraction of sp³-hybridized carbons (Fsp3) is 0.706. The maximum Gasteiger partial charge on any atom is 0.226 e. The SMILES string of the molecule is OCC1C(O)C(O)C2(n3cnc4c(NC5CCCC5)nc(Cl)nc43)CC12. The van der Waals surface area contributed by atoms with Crippen molar-refractivity contribution in [3.63, 3.8) is 0 Å². The van der Waals surface area contributed by atoms with Crippen molar-refractivity contribution in [1.82, 2.24) is 19.5 Å². The van der Waals surface area contributed by atoms with E-state index in [-0.39, 0.29) is 23.7 Å². The predicted molar refractivity (Wildman–Crippen MR) is 94.9 cm³/mol. The van der Waals surface area contributed by atoms with E-state index in [0.29, 0.717) is 29.4 Å². The van der Waals surface area contributed by atoms with Crippen molar-refractivity contribution >= 4 is 28.6 Å². The van der Waals surface area contributed by atoms with Gasteiger partial charge in [0.05, 0.1) is 18.0 Å². The maximum absolute atomic E-state index is 10.7. The summed E-state index contributed by atoms with van der Waals surface area (Å²) in [5.41, 5.74) is 0.498. The number of rotatable bonds is 4. The normalized spacial score (nSPS) is 36.6. The van der Waals surface area contributed by atoms with Crippen LogP contribution in [-0.4, -0.2) is 59.7 Å². The number of nitrogens with one attached hydrogen (secondary N) is 1. The number of halogens is 1. The highest BCUT2D eigenvalue weighted by atomic mass is 35.5. The average molecular weight is 380 g/mol. The maximum atomic E-state index is 10.7. The van der Waals surface area contributed by atoms with Crippen LogP contribution >= 0.6 is 11.6 Å². The molecule has 3 aliphatic carbocycles. The molecule has 5 unspecified atom stereocenters. The molecule has 0 radical (unpaired) electrons. The van der Waals surface area contributed by atoms with Gasteiger partial charge in [-0.3, -0.25) is 0 Å². The molecule has 2 heterocycles. The average Bonchev–Trinajstić information content (AvgIpc) is 2.94. The molecule has 0 bridgehead atoms. The van der Waals surface area contributed by atoms with E-state index in [1.807, 2.05) is 4.57 Å². The van der Waals surface area contributed by atoms with Crippen LogP contribution in [0, 0.1) is 11.8 Å². The standard InChI is InChI=1S/C17H22ClN5O3/c18-16-21-14(20-8-3-1-2-4-8)11-15(22-16)23(7-19-11)17-5-10(17)9(6-24)12(25)13(17)26/h7-10,12-13,24-26H,1-6H2,(H,20,21,22). The fourth-order valence-electron chi connectivity index (χ4n) is 5.12. The number of nitrogens with zero attached hydrogens (tertiary/aromatic N) is 4. The fourth-order valence-corrected chi connectivity index (χ4v) is 5.28. The van der Waals surface area contributed by atoms with E-state index in [1.54, 1.807) is 6.33 Å². The number of aliphatic hydroxyl groups is 3. The number of aromatic nitrogens is 4. The molecule has 3 saturated carbocycles. The van der Waals surface area contributed by atoms with Crippen LogP contribution in [0.25, 0.3) is 11.2 Å². The smallest absolute Gasteiger partial charge is 0.226 e. The lowest BCUT2D eigenvalue weighted by Gasteiger charge is -2.24. The van der Waals surface area contributed by atoms with Crippen molar-refractivity contribution in [3.8, 4) is 0 Å². The summed E-state index contributed by atoms with van der Waals surface area (Å²) in [6, 6.07) is 0.360. The van der Waals surface area contributed by atoms with Crippen molar-refractivity contribution in [2.24, 2.45) is 11.8 Å². The van der Waals surface area contributed by atoms with Gasteiger partial charge in [-0.15, -0.1) is 0 Å². The number of aliphatic hydroxyl groups excluding tert-OH is 3. The summed E-state index contributed by atoms with van der Waals surface area (Å²) in [6.07, 6.45) is 4.99. The van der Waals surface area contributed by atoms with E-state index in [2.05, 4.69) is 20.3 Å². The molecular formula is C17H22ClN5O3. The lowest BCUT2D eigenvalue weighted by molar-refractivity contribution is -0.0272. The molecule has 8 nitrogen and oxygen atoms in total. The van der Waals surface area contributed by atoms with Crippen molar-refractivity contribution in [2.45, 2.75) is 55.9 Å². The molecule has 0 saturated heterocycles. The van der Waals surface area contributed by atoms with E-state index in [1.165, 1.54) is 12.8 Å². The molecular weight excluding hydrogens is 358 g/mol. The number of imidazole rings is 1. The number of anilines is 1. The molecule has 0 aromatic carbocycles. The Labute approximate surface area is 155 Å². The van der Waals surface area contributed by atoms with Crippen LogP contribution < -0.4 is 5.32 Å². The van der Waals surface area contributed by atoms with Gasteiger partial charge >= 0.3 is 0 Å². The van der Waals surface area contributed by atoms with Crippen molar-refractivity contribution in [3.05, 3.63) is 11.6 Å². The van der Waals surface area contributed by atoms with Crippen LogP contribution in [0.5, 0.6) is 0 Å². The molecule has 2 aromatic rings. The summed E-state index contributed by atoms with van der Waals surface area (Å²) in [5, 5.41) is 34.1. The summed E-state index contributed by atoms with van der Waals surface area (Å²) >= 11 is 6.17. The minimum Gasteiger partial charge on any atom is -0.396 e. The Bertz CT molecular complexity index is 854. The summed E-state index contributed by atoms with van der Waals surface area (Å²) < 4.78 is 1.82. The number of fused-ring (bicyclic) bond motifs is 2. The van der Waals surface area contributed by atoms with Gasteiger partial charge in [0.1, 0.15) is 6.10 Å². The zero-order valence-electron chi connectivity index (χ0n) is 14.2. The molecule has 140 valence electrons. The summed E-state index contributed by atoms with van der Waals surface area (Å²) in [4.78, 5) is 13.2. The Hall–Kier alpha value is -1.48. The zero-order valence-corrected chi connectivity index (χ0v) is 15.0. The van der Waals surface area contributed by atoms with Gasteiger partial charge in [-0.1, -0.05) is 12.8 Å². The Morgan fingerprint density at radius 3 is 2.73 bits per heavy atom. The minimum absolute atomic E-state index is 0.00474. The molecule has 5 rings (SSSR count). The van der Waals surface area contributed by atoms with Crippen LogP contribution in [0.15, 0.2) is 6.33 Å². The van der Waals surface area contributed by atoms with Crippen LogP contribution in [-0.2, 0) is 5.54 Å². The molecule has 9 heteroatoms. The Morgan fingerprint density at radius 2 is 2.04 bits per heavy atom. The second-order valence-electron chi connectivity index (χ2n) is 7.84. The lowest BCUT2D eigenvalue weighted by atomic mass is 10.0. The first-order valence-electron chi connectivity index (χ1n) is 9.21. The molecule has 4 N–H and O–H groups in total. The quantitative estimate of drug-likeness (QED) is 0.583. The van der Waals surface area contributed by atoms with Crippen molar-refractivity contribution < 1.29 is 15.3 Å². The van der Waals surface area contributed by atoms with Gasteiger partial charge in [0, 0.05) is 18.6 Å². The zero-order chi connectivity index (χ0) is 18.1. The van der Waals surface area contributed by atoms with E-state index < -0.39 is 17.7 Å². The van der Waals surface area contributed by atoms with Gasteiger partial charge in [-0.2, -0.15) is 9.97 Å². The topological polar surface area (TPSA) is 116 Å². The van der Waals surface area contributed by atoms with Crippen LogP contribution in [0.4, 0.5) is 5.82 Å². The molecule has 2 aromatic heterocycles. The molecule has 0 amide bonds. The van der Waals surface area contributed by atoms with Gasteiger partial charge in [0.15, 0.2) is 17.0 Å². The molecule has 0 aliphatic heterocycles. The largest absolute Gasteiger partial charge is 0.396 e. The van der Waals surface area contributed by atoms with Gasteiger partial charge in [0.25, 0.3) is 0 Å². The van der Waals surface area contributed by atoms with Gasteiger partial charge in [-0.25, -0.2) is 4.98 Å². The highest BCUT2D eigenvalue weighted by molar-refractivity contribution is 6.28. The number of hydrogen-bond donors (Lipinski definition) is 4. The first kappa shape index (κ1) is 16.7. The van der Waals surface area contributed by atoms with Crippen LogP contribution in [0.3, 0.4) is 0 Å². The van der Waals surface area contributed by atoms with Gasteiger partial charge < -0.3 is 25.2 Å². The van der Waals surface area contributed by atoms with E-state index >= 15 is 0 Å². The van der Waals surface area contributed by atoms with E-state index in [0.717, 1.165) is 12.8 Å². The third-order valence-electron chi connectivity index (χ3n) is 6.54. The highest BCUT2D eigenvalue weighted by Gasteiger charge is 2.72. The first-order chi connectivity index (χ1) is 12.6. The summed E-state index contributed by atoms with van der Waals surface area (Å²) in [6.45, 7) is -0.151. The summed E-state index contributed by atoms with van der Waals surface area (Å²) in [5.74, 6) is 0.275. The first-order valence-corrected chi connectivity index (χ1v) is 9.58. The molecule has 3 fully saturated rings. The highest BCUT2D eigenvalue weighted by Crippen LogP contribution is 2.64. The second kappa shape index (κ2) is 5.76. The van der Waals surface area contributed by atoms with E-state index in [4.69, 9.17) is 11.6 Å². The van der Waals surface area contributed by atoms with Gasteiger partial charge in [0.2, 0.25) is 5.28 Å². The Kier molecular flexibility index (Phi) is 3.69. The van der Waals surface area contributed by atoms with Crippen molar-refractivity contribution in [2.75, 3.05) is 11.9 Å². The minimum atomic E-state index is -0.970. The van der Waals surface area contributed by atoms with Gasteiger partial charge in [-0.05, 0) is 36.8 Å². The second-order valence-corrected chi connectivity index (χ2v) is 8.18. The van der Waals surface area contributed by atoms with Crippen LogP contribution in [0.2, 0.25) is 5.28 Å². The van der Waals surface area contributed by atoms with Crippen molar-refractivity contribution in [1.29, 1.82) is 0 Å². The lowest BCUT2D eigenvalue weighted by Crippen LogP contribution is -2.38. The third-order valence-corrected chi connectivity index (χ3v) is 6.71. The van der Waals surface area contributed by atoms with Crippen LogP contribution in [0.1, 0.15) is 32.1 Å². The monoisotopic (exact) mass is 379 g/mol. The van der Waals surface area contributed by atoms with E-state index in [9.17, 15) is 15.3 Å². The molecule has 3 aliphatic rings. The Balaban J connectivity index is 1.57. The molecule has 26 heavy (non-hydrogen) atoms. The predicted octanol–water partition coefficient (Wildman–Crippen LogP) is 0.893. The molecule has 5 atom stereocenters. The summed E-state index contributed by atoms with van der Waals surface area (Å²) in [7, 11) is 0.